The number of amides is 1. The Morgan fingerprint density at radius 2 is 2.04 bits per heavy atom. The first-order chi connectivity index (χ1) is 10.9. The van der Waals surface area contributed by atoms with E-state index in [-0.39, 0.29) is 17.4 Å². The van der Waals surface area contributed by atoms with Gasteiger partial charge in [0, 0.05) is 38.1 Å². The molecule has 134 valence electrons. The Morgan fingerprint density at radius 1 is 1.35 bits per heavy atom. The highest BCUT2D eigenvalue weighted by Gasteiger charge is 2.62. The van der Waals surface area contributed by atoms with Gasteiger partial charge in [-0.3, -0.25) is 9.69 Å². The zero-order chi connectivity index (χ0) is 16.9. The number of hydrogen-bond acceptors (Lipinski definition) is 5. The Kier molecular flexibility index (Phi) is 6.42. The van der Waals surface area contributed by atoms with E-state index in [1.165, 1.54) is 0 Å². The molecule has 1 amide bonds. The quantitative estimate of drug-likeness (QED) is 0.643. The first-order valence-electron chi connectivity index (χ1n) is 8.90. The van der Waals surface area contributed by atoms with Crippen LogP contribution in [0.15, 0.2) is 0 Å². The predicted octanol–water partition coefficient (Wildman–Crippen LogP) is 0.748. The number of nitrogens with zero attached hydrogens (tertiary/aromatic N) is 1. The molecule has 1 saturated carbocycles. The van der Waals surface area contributed by atoms with Crippen molar-refractivity contribution in [2.75, 3.05) is 46.0 Å². The molecule has 1 heterocycles. The number of carbonyl (C=O) groups excluding carboxylic acids is 1. The average molecular weight is 327 g/mol. The van der Waals surface area contributed by atoms with Gasteiger partial charge >= 0.3 is 0 Å². The average Bonchev–Trinajstić information content (AvgIpc) is 2.55. The van der Waals surface area contributed by atoms with Crippen LogP contribution in [-0.2, 0) is 14.3 Å². The van der Waals surface area contributed by atoms with Crippen LogP contribution in [0.1, 0.15) is 40.0 Å². The molecule has 0 radical (unpaired) electrons. The van der Waals surface area contributed by atoms with E-state index in [1.807, 2.05) is 20.8 Å². The first-order valence-corrected chi connectivity index (χ1v) is 8.90. The Hall–Kier alpha value is -0.690. The number of unbranched alkanes of at least 4 members (excludes halogenated alkanes) is 1. The van der Waals surface area contributed by atoms with Crippen LogP contribution < -0.4 is 11.1 Å². The summed E-state index contributed by atoms with van der Waals surface area (Å²) < 4.78 is 11.0. The molecule has 2 atom stereocenters. The first kappa shape index (κ1) is 18.6. The molecule has 23 heavy (non-hydrogen) atoms. The highest BCUT2D eigenvalue weighted by Crippen LogP contribution is 2.49. The van der Waals surface area contributed by atoms with Crippen molar-refractivity contribution < 1.29 is 14.3 Å². The summed E-state index contributed by atoms with van der Waals surface area (Å²) in [4.78, 5) is 14.9. The van der Waals surface area contributed by atoms with E-state index in [9.17, 15) is 4.79 Å². The van der Waals surface area contributed by atoms with Gasteiger partial charge in [-0.05, 0) is 26.3 Å². The molecule has 2 aliphatic rings. The van der Waals surface area contributed by atoms with Gasteiger partial charge < -0.3 is 20.5 Å². The number of hydrogen-bond donors (Lipinski definition) is 2. The van der Waals surface area contributed by atoms with Crippen molar-refractivity contribution in [3.05, 3.63) is 0 Å². The summed E-state index contributed by atoms with van der Waals surface area (Å²) >= 11 is 0. The monoisotopic (exact) mass is 327 g/mol. The van der Waals surface area contributed by atoms with Crippen LogP contribution in [0.3, 0.4) is 0 Å². The van der Waals surface area contributed by atoms with Gasteiger partial charge in [-0.1, -0.05) is 13.8 Å². The fourth-order valence-corrected chi connectivity index (χ4v) is 3.47. The fourth-order valence-electron chi connectivity index (χ4n) is 3.47. The van der Waals surface area contributed by atoms with Gasteiger partial charge in [0.2, 0.25) is 5.91 Å². The summed E-state index contributed by atoms with van der Waals surface area (Å²) in [5.74, 6) is -0.0372. The lowest BCUT2D eigenvalue weighted by Crippen LogP contribution is -2.75. The Bertz CT molecular complexity index is 397. The Morgan fingerprint density at radius 3 is 2.65 bits per heavy atom. The normalized spacial score (nSPS) is 30.7. The number of nitrogens with one attached hydrogen (secondary N) is 1. The number of carbonyl (C=O) groups is 1. The summed E-state index contributed by atoms with van der Waals surface area (Å²) in [5, 5.41) is 3.02. The third-order valence-electron chi connectivity index (χ3n) is 5.53. The maximum absolute atomic E-state index is 12.5. The molecule has 2 fully saturated rings. The molecule has 0 aromatic carbocycles. The van der Waals surface area contributed by atoms with E-state index >= 15 is 0 Å². The zero-order valence-electron chi connectivity index (χ0n) is 14.9. The summed E-state index contributed by atoms with van der Waals surface area (Å²) in [6, 6.07) is 0. The smallest absolute Gasteiger partial charge is 0.240 e. The zero-order valence-corrected chi connectivity index (χ0v) is 14.9. The highest BCUT2D eigenvalue weighted by atomic mass is 16.5. The van der Waals surface area contributed by atoms with Crippen molar-refractivity contribution >= 4 is 5.91 Å². The largest absolute Gasteiger partial charge is 0.379 e. The third kappa shape index (κ3) is 4.05. The molecule has 1 aliphatic carbocycles. The van der Waals surface area contributed by atoms with E-state index in [0.29, 0.717) is 19.6 Å². The summed E-state index contributed by atoms with van der Waals surface area (Å²) in [7, 11) is 0. The van der Waals surface area contributed by atoms with Gasteiger partial charge in [0.15, 0.2) is 0 Å². The molecule has 6 nitrogen and oxygen atoms in total. The maximum atomic E-state index is 12.5. The van der Waals surface area contributed by atoms with Crippen LogP contribution in [0.2, 0.25) is 0 Å². The summed E-state index contributed by atoms with van der Waals surface area (Å²) in [6.07, 6.45) is 2.75. The minimum Gasteiger partial charge on any atom is -0.379 e. The van der Waals surface area contributed by atoms with Crippen LogP contribution in [0.5, 0.6) is 0 Å². The molecule has 2 unspecified atom stereocenters. The number of rotatable bonds is 8. The maximum Gasteiger partial charge on any atom is 0.240 e. The minimum atomic E-state index is -0.808. The Balaban J connectivity index is 1.65. The van der Waals surface area contributed by atoms with E-state index in [2.05, 4.69) is 10.2 Å². The lowest BCUT2D eigenvalue weighted by molar-refractivity contribution is -0.170. The van der Waals surface area contributed by atoms with E-state index < -0.39 is 5.54 Å². The second-order valence-electron chi connectivity index (χ2n) is 7.26. The second kappa shape index (κ2) is 7.92. The van der Waals surface area contributed by atoms with Gasteiger partial charge in [-0.15, -0.1) is 0 Å². The van der Waals surface area contributed by atoms with Gasteiger partial charge in [0.25, 0.3) is 0 Å². The number of morpholine rings is 1. The van der Waals surface area contributed by atoms with Crippen molar-refractivity contribution in [1.29, 1.82) is 0 Å². The number of nitrogens with two attached hydrogens (primary N) is 1. The Labute approximate surface area is 140 Å². The molecule has 0 spiro atoms. The summed E-state index contributed by atoms with van der Waals surface area (Å²) in [5.41, 5.74) is 5.24. The third-order valence-corrected chi connectivity index (χ3v) is 5.53. The lowest BCUT2D eigenvalue weighted by Gasteiger charge is -2.57. The van der Waals surface area contributed by atoms with Crippen molar-refractivity contribution in [3.63, 3.8) is 0 Å². The minimum absolute atomic E-state index is 0.0372. The molecular formula is C17H33N3O3. The summed E-state index contributed by atoms with van der Waals surface area (Å²) in [6.45, 7) is 12.2. The fraction of sp³-hybridized carbons (Fsp3) is 0.941. The SMILES string of the molecule is CCOC1CC(N)(C(=O)NCCCCN2CCOCC2)C1(C)C. The predicted molar refractivity (Wildman–Crippen MR) is 90.2 cm³/mol. The molecule has 1 aliphatic heterocycles. The molecule has 0 bridgehead atoms. The van der Waals surface area contributed by atoms with Crippen molar-refractivity contribution in [2.45, 2.75) is 51.7 Å². The highest BCUT2D eigenvalue weighted by molar-refractivity contribution is 5.88. The van der Waals surface area contributed by atoms with Crippen molar-refractivity contribution in [1.82, 2.24) is 10.2 Å². The van der Waals surface area contributed by atoms with Crippen LogP contribution in [0, 0.1) is 5.41 Å². The molecule has 2 rings (SSSR count). The van der Waals surface area contributed by atoms with Crippen LogP contribution in [-0.4, -0.2) is 68.4 Å². The van der Waals surface area contributed by atoms with E-state index in [0.717, 1.165) is 45.7 Å². The molecule has 0 aromatic rings. The number of ether oxygens (including phenoxy) is 2. The van der Waals surface area contributed by atoms with Crippen molar-refractivity contribution in [3.8, 4) is 0 Å². The van der Waals surface area contributed by atoms with Crippen LogP contribution >= 0.6 is 0 Å². The molecule has 0 aromatic heterocycles. The van der Waals surface area contributed by atoms with Crippen LogP contribution in [0.25, 0.3) is 0 Å². The topological polar surface area (TPSA) is 76.8 Å². The molecule has 1 saturated heterocycles. The molecule has 3 N–H and O–H groups in total. The second-order valence-corrected chi connectivity index (χ2v) is 7.26. The van der Waals surface area contributed by atoms with E-state index in [4.69, 9.17) is 15.2 Å². The van der Waals surface area contributed by atoms with Gasteiger partial charge in [0.05, 0.1) is 19.3 Å². The van der Waals surface area contributed by atoms with Crippen LogP contribution in [0.4, 0.5) is 0 Å². The molecular weight excluding hydrogens is 294 g/mol. The standard InChI is InChI=1S/C17H33N3O3/c1-4-23-14-13-17(18,16(14,2)3)15(21)19-7-5-6-8-20-9-11-22-12-10-20/h14H,4-13,18H2,1-3H3,(H,19,21). The van der Waals surface area contributed by atoms with Gasteiger partial charge in [-0.2, -0.15) is 0 Å². The van der Waals surface area contributed by atoms with E-state index in [1.54, 1.807) is 0 Å². The van der Waals surface area contributed by atoms with Crippen molar-refractivity contribution in [2.24, 2.45) is 11.1 Å². The van der Waals surface area contributed by atoms with Gasteiger partial charge in [0.1, 0.15) is 5.54 Å². The molecule has 6 heteroatoms. The lowest BCUT2D eigenvalue weighted by atomic mass is 9.54. The van der Waals surface area contributed by atoms with Gasteiger partial charge in [-0.25, -0.2) is 0 Å².